The normalized spacial score (nSPS) is 10.0. The van der Waals surface area contributed by atoms with E-state index in [1.54, 1.807) is 30.1 Å². The number of amides is 1. The Morgan fingerprint density at radius 1 is 1.16 bits per heavy atom. The Morgan fingerprint density at radius 3 is 2.60 bits per heavy atom. The number of ether oxygens (including phenoxy) is 2. The maximum atomic E-state index is 12.3. The van der Waals surface area contributed by atoms with Crippen LogP contribution in [0.15, 0.2) is 42.5 Å². The number of nitriles is 1. The molecule has 0 bridgehead atoms. The molecular weight excluding hydrogens is 316 g/mol. The van der Waals surface area contributed by atoms with Crippen molar-refractivity contribution in [2.75, 3.05) is 20.3 Å². The molecule has 0 spiro atoms. The van der Waals surface area contributed by atoms with Crippen molar-refractivity contribution in [2.45, 2.75) is 20.4 Å². The molecule has 0 atom stereocenters. The second-order valence-corrected chi connectivity index (χ2v) is 5.67. The summed E-state index contributed by atoms with van der Waals surface area (Å²) in [6.07, 6.45) is 0. The van der Waals surface area contributed by atoms with Crippen LogP contribution in [-0.4, -0.2) is 31.1 Å². The van der Waals surface area contributed by atoms with Gasteiger partial charge in [-0.3, -0.25) is 4.79 Å². The lowest BCUT2D eigenvalue weighted by molar-refractivity contribution is -0.132. The molecule has 130 valence electrons. The van der Waals surface area contributed by atoms with Gasteiger partial charge in [0.25, 0.3) is 5.91 Å². The predicted octanol–water partition coefficient (Wildman–Crippen LogP) is 3.30. The molecular formula is C20H22N2O3. The van der Waals surface area contributed by atoms with Gasteiger partial charge < -0.3 is 14.4 Å². The standard InChI is InChI=1S/C20H22N2O3/c1-4-24-19-11-16(12-21)9-10-18(19)25-14-20(23)22(3)13-17-8-6-5-7-15(17)2/h5-11H,4,13-14H2,1-3H3. The first-order valence-electron chi connectivity index (χ1n) is 8.13. The first kappa shape index (κ1) is 18.3. The van der Waals surface area contributed by atoms with Gasteiger partial charge in [-0.1, -0.05) is 24.3 Å². The fourth-order valence-corrected chi connectivity index (χ4v) is 2.35. The third kappa shape index (κ3) is 4.98. The molecule has 0 N–H and O–H groups in total. The van der Waals surface area contributed by atoms with Gasteiger partial charge in [0.05, 0.1) is 18.2 Å². The first-order chi connectivity index (χ1) is 12.0. The largest absolute Gasteiger partial charge is 0.490 e. The van der Waals surface area contributed by atoms with Crippen LogP contribution in [0, 0.1) is 18.3 Å². The van der Waals surface area contributed by atoms with E-state index in [4.69, 9.17) is 14.7 Å². The molecule has 1 amide bonds. The van der Waals surface area contributed by atoms with Crippen LogP contribution in [0.5, 0.6) is 11.5 Å². The van der Waals surface area contributed by atoms with E-state index >= 15 is 0 Å². The summed E-state index contributed by atoms with van der Waals surface area (Å²) < 4.78 is 11.1. The molecule has 0 saturated heterocycles. The van der Waals surface area contributed by atoms with Gasteiger partial charge in [0.2, 0.25) is 0 Å². The van der Waals surface area contributed by atoms with Gasteiger partial charge in [-0.05, 0) is 37.1 Å². The second kappa shape index (κ2) is 8.74. The van der Waals surface area contributed by atoms with Gasteiger partial charge in [-0.15, -0.1) is 0 Å². The first-order valence-corrected chi connectivity index (χ1v) is 8.13. The van der Waals surface area contributed by atoms with Crippen LogP contribution in [0.3, 0.4) is 0 Å². The van der Waals surface area contributed by atoms with Crippen molar-refractivity contribution in [1.29, 1.82) is 5.26 Å². The van der Waals surface area contributed by atoms with E-state index in [0.29, 0.717) is 30.2 Å². The van der Waals surface area contributed by atoms with Gasteiger partial charge in [-0.25, -0.2) is 0 Å². The molecule has 0 aliphatic carbocycles. The summed E-state index contributed by atoms with van der Waals surface area (Å²) in [5.41, 5.74) is 2.74. The molecule has 0 fully saturated rings. The van der Waals surface area contributed by atoms with Crippen LogP contribution in [-0.2, 0) is 11.3 Å². The molecule has 2 aromatic rings. The minimum Gasteiger partial charge on any atom is -0.490 e. The Morgan fingerprint density at radius 2 is 1.92 bits per heavy atom. The molecule has 0 radical (unpaired) electrons. The maximum absolute atomic E-state index is 12.3. The van der Waals surface area contributed by atoms with Crippen molar-refractivity contribution < 1.29 is 14.3 Å². The SMILES string of the molecule is CCOc1cc(C#N)ccc1OCC(=O)N(C)Cc1ccccc1C. The molecule has 0 heterocycles. The molecule has 0 aromatic heterocycles. The summed E-state index contributed by atoms with van der Waals surface area (Å²) in [6, 6.07) is 14.9. The highest BCUT2D eigenvalue weighted by atomic mass is 16.5. The highest BCUT2D eigenvalue weighted by Gasteiger charge is 2.13. The zero-order valence-electron chi connectivity index (χ0n) is 14.8. The van der Waals surface area contributed by atoms with E-state index in [1.807, 2.05) is 38.1 Å². The highest BCUT2D eigenvalue weighted by Crippen LogP contribution is 2.28. The Balaban J connectivity index is 1.99. The zero-order valence-corrected chi connectivity index (χ0v) is 14.8. The summed E-state index contributed by atoms with van der Waals surface area (Å²) in [7, 11) is 1.75. The van der Waals surface area contributed by atoms with Crippen molar-refractivity contribution in [2.24, 2.45) is 0 Å². The summed E-state index contributed by atoms with van der Waals surface area (Å²) in [6.45, 7) is 4.76. The third-order valence-corrected chi connectivity index (χ3v) is 3.82. The maximum Gasteiger partial charge on any atom is 0.260 e. The van der Waals surface area contributed by atoms with Crippen LogP contribution in [0.2, 0.25) is 0 Å². The van der Waals surface area contributed by atoms with Crippen LogP contribution < -0.4 is 9.47 Å². The summed E-state index contributed by atoms with van der Waals surface area (Å²) in [4.78, 5) is 14.0. The fraction of sp³-hybridized carbons (Fsp3) is 0.300. The van der Waals surface area contributed by atoms with Gasteiger partial charge in [-0.2, -0.15) is 5.26 Å². The third-order valence-electron chi connectivity index (χ3n) is 3.82. The van der Waals surface area contributed by atoms with Crippen molar-refractivity contribution in [3.63, 3.8) is 0 Å². The monoisotopic (exact) mass is 338 g/mol. The van der Waals surface area contributed by atoms with Crippen molar-refractivity contribution in [3.05, 3.63) is 59.2 Å². The lowest BCUT2D eigenvalue weighted by atomic mass is 10.1. The molecule has 0 aliphatic heterocycles. The quantitative estimate of drug-likeness (QED) is 0.777. The molecule has 0 saturated carbocycles. The highest BCUT2D eigenvalue weighted by molar-refractivity contribution is 5.77. The number of benzene rings is 2. The smallest absolute Gasteiger partial charge is 0.260 e. The number of rotatable bonds is 7. The van der Waals surface area contributed by atoms with Crippen molar-refractivity contribution in [1.82, 2.24) is 4.90 Å². The average Bonchev–Trinajstić information content (AvgIpc) is 2.62. The second-order valence-electron chi connectivity index (χ2n) is 5.67. The van der Waals surface area contributed by atoms with Gasteiger partial charge in [0, 0.05) is 19.7 Å². The Labute approximate surface area is 148 Å². The van der Waals surface area contributed by atoms with E-state index in [-0.39, 0.29) is 12.5 Å². The topological polar surface area (TPSA) is 62.6 Å². The lowest BCUT2D eigenvalue weighted by Gasteiger charge is -2.19. The van der Waals surface area contributed by atoms with E-state index in [2.05, 4.69) is 6.07 Å². The predicted molar refractivity (Wildman–Crippen MR) is 95.5 cm³/mol. The molecule has 0 aliphatic rings. The van der Waals surface area contributed by atoms with Gasteiger partial charge in [0.15, 0.2) is 18.1 Å². The van der Waals surface area contributed by atoms with E-state index in [0.717, 1.165) is 11.1 Å². The van der Waals surface area contributed by atoms with Crippen LogP contribution in [0.4, 0.5) is 0 Å². The fourth-order valence-electron chi connectivity index (χ4n) is 2.35. The Kier molecular flexibility index (Phi) is 6.41. The zero-order chi connectivity index (χ0) is 18.2. The molecule has 2 aromatic carbocycles. The van der Waals surface area contributed by atoms with Crippen molar-refractivity contribution >= 4 is 5.91 Å². The Bertz CT molecular complexity index is 781. The van der Waals surface area contributed by atoms with E-state index in [1.165, 1.54) is 0 Å². The summed E-state index contributed by atoms with van der Waals surface area (Å²) in [5, 5.41) is 8.97. The minimum atomic E-state index is -0.130. The molecule has 0 unspecified atom stereocenters. The van der Waals surface area contributed by atoms with E-state index < -0.39 is 0 Å². The van der Waals surface area contributed by atoms with Gasteiger partial charge in [0.1, 0.15) is 0 Å². The molecule has 25 heavy (non-hydrogen) atoms. The summed E-state index contributed by atoms with van der Waals surface area (Å²) >= 11 is 0. The number of hydrogen-bond acceptors (Lipinski definition) is 4. The van der Waals surface area contributed by atoms with Crippen LogP contribution in [0.25, 0.3) is 0 Å². The van der Waals surface area contributed by atoms with Gasteiger partial charge >= 0.3 is 0 Å². The number of carbonyl (C=O) groups excluding carboxylic acids is 1. The van der Waals surface area contributed by atoms with Crippen LogP contribution in [0.1, 0.15) is 23.6 Å². The number of carbonyl (C=O) groups is 1. The summed E-state index contributed by atoms with van der Waals surface area (Å²) in [5.74, 6) is 0.796. The van der Waals surface area contributed by atoms with E-state index in [9.17, 15) is 4.79 Å². The van der Waals surface area contributed by atoms with Crippen molar-refractivity contribution in [3.8, 4) is 17.6 Å². The number of nitrogens with zero attached hydrogens (tertiary/aromatic N) is 2. The average molecular weight is 338 g/mol. The lowest BCUT2D eigenvalue weighted by Crippen LogP contribution is -2.31. The Hall–Kier alpha value is -3.00. The number of likely N-dealkylation sites (N-methyl/N-ethyl adjacent to an activating group) is 1. The molecule has 5 nitrogen and oxygen atoms in total. The number of hydrogen-bond donors (Lipinski definition) is 0. The minimum absolute atomic E-state index is 0.0889. The number of aryl methyl sites for hydroxylation is 1. The van der Waals surface area contributed by atoms with Crippen LogP contribution >= 0.6 is 0 Å². The molecule has 5 heteroatoms. The molecule has 2 rings (SSSR count).